The summed E-state index contributed by atoms with van der Waals surface area (Å²) in [6, 6.07) is 8.15. The zero-order valence-corrected chi connectivity index (χ0v) is 16.6. The minimum Gasteiger partial charge on any atom is -0.493 e. The van der Waals surface area contributed by atoms with Crippen LogP contribution in [-0.2, 0) is 17.1 Å². The highest BCUT2D eigenvalue weighted by Gasteiger charge is 2.17. The standard InChI is InChI=1S/C16H13ClFN5O3S2/c1-23-13-7-11(17)12(18)6-10(13)14(15(23)24)21-22-16(27)20-8-3-2-4-9(5-8)28(19,25)26/h2-7,24H,1H3,(H,20,27)(H2,19,25,26). The number of nitrogens with two attached hydrogens (primary N) is 1. The molecular formula is C16H13ClFN5O3S2. The number of nitrogens with zero attached hydrogens (tertiary/aromatic N) is 3. The van der Waals surface area contributed by atoms with E-state index in [0.29, 0.717) is 16.6 Å². The number of primary sulfonamides is 1. The monoisotopic (exact) mass is 441 g/mol. The van der Waals surface area contributed by atoms with Crippen molar-refractivity contribution in [2.24, 2.45) is 22.4 Å². The van der Waals surface area contributed by atoms with E-state index >= 15 is 0 Å². The summed E-state index contributed by atoms with van der Waals surface area (Å²) in [4.78, 5) is -0.101. The van der Waals surface area contributed by atoms with E-state index in [0.717, 1.165) is 6.07 Å². The van der Waals surface area contributed by atoms with E-state index in [1.807, 2.05) is 0 Å². The molecule has 28 heavy (non-hydrogen) atoms. The van der Waals surface area contributed by atoms with Gasteiger partial charge in [-0.2, -0.15) is 0 Å². The van der Waals surface area contributed by atoms with Crippen molar-refractivity contribution in [1.29, 1.82) is 0 Å². The molecule has 8 nitrogen and oxygen atoms in total. The summed E-state index contributed by atoms with van der Waals surface area (Å²) in [5.74, 6) is -0.920. The van der Waals surface area contributed by atoms with Crippen LogP contribution in [0, 0.1) is 5.82 Å². The number of benzene rings is 2. The molecule has 0 unspecified atom stereocenters. The molecule has 0 saturated carbocycles. The minimum atomic E-state index is -3.87. The van der Waals surface area contributed by atoms with Crippen molar-refractivity contribution >= 4 is 61.2 Å². The fourth-order valence-electron chi connectivity index (χ4n) is 2.49. The average molecular weight is 442 g/mol. The maximum atomic E-state index is 13.8. The third kappa shape index (κ3) is 3.97. The normalized spacial score (nSPS) is 12.0. The molecular weight excluding hydrogens is 429 g/mol. The number of hydrogen-bond acceptors (Lipinski definition) is 5. The quantitative estimate of drug-likeness (QED) is 0.421. The van der Waals surface area contributed by atoms with Crippen LogP contribution in [0.1, 0.15) is 0 Å². The van der Waals surface area contributed by atoms with E-state index in [9.17, 15) is 17.9 Å². The zero-order chi connectivity index (χ0) is 20.6. The Morgan fingerprint density at radius 1 is 1.36 bits per heavy atom. The van der Waals surface area contributed by atoms with Crippen molar-refractivity contribution in [2.45, 2.75) is 4.90 Å². The van der Waals surface area contributed by atoms with Crippen molar-refractivity contribution in [3.8, 4) is 5.88 Å². The van der Waals surface area contributed by atoms with Gasteiger partial charge in [-0.25, -0.2) is 17.9 Å². The molecule has 0 saturated heterocycles. The number of thiocarbonyl (C=S) groups is 1. The Balaban J connectivity index is 1.89. The third-order valence-electron chi connectivity index (χ3n) is 3.84. The van der Waals surface area contributed by atoms with Gasteiger partial charge < -0.3 is 15.0 Å². The van der Waals surface area contributed by atoms with Crippen LogP contribution < -0.4 is 10.5 Å². The summed E-state index contributed by atoms with van der Waals surface area (Å²) in [6.45, 7) is 0. The Morgan fingerprint density at radius 3 is 2.75 bits per heavy atom. The highest BCUT2D eigenvalue weighted by Crippen LogP contribution is 2.39. The van der Waals surface area contributed by atoms with E-state index in [1.54, 1.807) is 13.1 Å². The first-order chi connectivity index (χ1) is 13.1. The Hall–Kier alpha value is -2.60. The summed E-state index contributed by atoms with van der Waals surface area (Å²) in [7, 11) is -2.31. The third-order valence-corrected chi connectivity index (χ3v) is 5.22. The largest absolute Gasteiger partial charge is 0.493 e. The fourth-order valence-corrected chi connectivity index (χ4v) is 3.37. The lowest BCUT2D eigenvalue weighted by Crippen LogP contribution is -2.13. The summed E-state index contributed by atoms with van der Waals surface area (Å²) in [5, 5.41) is 25.8. The van der Waals surface area contributed by atoms with Crippen LogP contribution in [0.4, 0.5) is 15.8 Å². The molecule has 0 bridgehead atoms. The highest BCUT2D eigenvalue weighted by atomic mass is 35.5. The van der Waals surface area contributed by atoms with Crippen molar-refractivity contribution in [2.75, 3.05) is 5.32 Å². The first-order valence-corrected chi connectivity index (χ1v) is 9.93. The van der Waals surface area contributed by atoms with E-state index in [2.05, 4.69) is 15.5 Å². The minimum absolute atomic E-state index is 0.00973. The maximum Gasteiger partial charge on any atom is 0.238 e. The van der Waals surface area contributed by atoms with Crippen LogP contribution in [0.25, 0.3) is 10.9 Å². The van der Waals surface area contributed by atoms with E-state index in [4.69, 9.17) is 29.0 Å². The van der Waals surface area contributed by atoms with E-state index in [-0.39, 0.29) is 26.6 Å². The molecule has 1 heterocycles. The van der Waals surface area contributed by atoms with Crippen LogP contribution in [0.5, 0.6) is 5.88 Å². The molecule has 0 radical (unpaired) electrons. The van der Waals surface area contributed by atoms with Crippen molar-refractivity contribution in [3.05, 3.63) is 47.2 Å². The van der Waals surface area contributed by atoms with Crippen molar-refractivity contribution in [3.63, 3.8) is 0 Å². The fraction of sp³-hybridized carbons (Fsp3) is 0.0625. The summed E-state index contributed by atoms with van der Waals surface area (Å²) in [5.41, 5.74) is 0.795. The van der Waals surface area contributed by atoms with E-state index < -0.39 is 15.8 Å². The molecule has 0 atom stereocenters. The second kappa shape index (κ2) is 7.43. The van der Waals surface area contributed by atoms with Gasteiger partial charge in [0, 0.05) is 18.1 Å². The number of aromatic nitrogens is 1. The second-order valence-electron chi connectivity index (χ2n) is 5.72. The zero-order valence-electron chi connectivity index (χ0n) is 14.2. The number of aryl methyl sites for hydroxylation is 1. The number of azo groups is 1. The van der Waals surface area contributed by atoms with Crippen LogP contribution in [-0.4, -0.2) is 23.2 Å². The lowest BCUT2D eigenvalue weighted by molar-refractivity contribution is 0.436. The van der Waals surface area contributed by atoms with Gasteiger partial charge in [-0.3, -0.25) is 0 Å². The van der Waals surface area contributed by atoms with Gasteiger partial charge in [0.05, 0.1) is 15.4 Å². The smallest absolute Gasteiger partial charge is 0.238 e. The van der Waals surface area contributed by atoms with Gasteiger partial charge >= 0.3 is 0 Å². The number of halogens is 2. The van der Waals surface area contributed by atoms with Gasteiger partial charge in [0.25, 0.3) is 0 Å². The number of rotatable bonds is 3. The lowest BCUT2D eigenvalue weighted by atomic mass is 10.2. The molecule has 0 aliphatic heterocycles. The molecule has 0 fully saturated rings. The maximum absolute atomic E-state index is 13.8. The van der Waals surface area contributed by atoms with Crippen LogP contribution in [0.2, 0.25) is 5.02 Å². The van der Waals surface area contributed by atoms with Crippen molar-refractivity contribution < 1.29 is 17.9 Å². The van der Waals surface area contributed by atoms with Crippen molar-refractivity contribution in [1.82, 2.24) is 4.57 Å². The molecule has 2 aromatic carbocycles. The number of fused-ring (bicyclic) bond motifs is 1. The molecule has 146 valence electrons. The Kier molecular flexibility index (Phi) is 5.35. The predicted octanol–water partition coefficient (Wildman–Crippen LogP) is 3.80. The van der Waals surface area contributed by atoms with Gasteiger partial charge in [0.1, 0.15) is 5.82 Å². The molecule has 0 aliphatic rings. The molecule has 1 aromatic heterocycles. The number of hydrogen-bond donors (Lipinski definition) is 3. The van der Waals surface area contributed by atoms with Crippen LogP contribution in [0.3, 0.4) is 0 Å². The number of nitrogens with one attached hydrogen (secondary N) is 1. The Bertz CT molecular complexity index is 1240. The molecule has 3 rings (SSSR count). The SMILES string of the molecule is Cn1c(O)c(N=NC(=S)Nc2cccc(S(N)(=O)=O)c2)c2cc(F)c(Cl)cc21. The Labute approximate surface area is 169 Å². The van der Waals surface area contributed by atoms with E-state index in [1.165, 1.54) is 28.8 Å². The predicted molar refractivity (Wildman–Crippen MR) is 108 cm³/mol. The Morgan fingerprint density at radius 2 is 2.07 bits per heavy atom. The van der Waals surface area contributed by atoms with Gasteiger partial charge in [-0.05, 0) is 42.5 Å². The molecule has 12 heteroatoms. The number of aromatic hydroxyl groups is 1. The first-order valence-electron chi connectivity index (χ1n) is 7.60. The van der Waals surface area contributed by atoms with Gasteiger partial charge in [0.2, 0.25) is 21.0 Å². The van der Waals surface area contributed by atoms with Gasteiger partial charge in [-0.15, -0.1) is 10.2 Å². The van der Waals surface area contributed by atoms with Crippen LogP contribution >= 0.6 is 23.8 Å². The first kappa shape index (κ1) is 20.1. The molecule has 0 aliphatic carbocycles. The van der Waals surface area contributed by atoms with Gasteiger partial charge in [-0.1, -0.05) is 17.7 Å². The van der Waals surface area contributed by atoms with Crippen LogP contribution in [0.15, 0.2) is 51.5 Å². The molecule has 0 amide bonds. The van der Waals surface area contributed by atoms with Gasteiger partial charge in [0.15, 0.2) is 5.69 Å². The highest BCUT2D eigenvalue weighted by molar-refractivity contribution is 7.89. The lowest BCUT2D eigenvalue weighted by Gasteiger charge is -2.05. The topological polar surface area (TPSA) is 122 Å². The number of anilines is 1. The summed E-state index contributed by atoms with van der Waals surface area (Å²) in [6.07, 6.45) is 0. The molecule has 3 aromatic rings. The number of sulfonamides is 1. The second-order valence-corrected chi connectivity index (χ2v) is 8.07. The molecule has 0 spiro atoms. The average Bonchev–Trinajstić information content (AvgIpc) is 2.84. The molecule has 4 N–H and O–H groups in total. The summed E-state index contributed by atoms with van der Waals surface area (Å²) < 4.78 is 38.0. The summed E-state index contributed by atoms with van der Waals surface area (Å²) >= 11 is 10.8.